The summed E-state index contributed by atoms with van der Waals surface area (Å²) >= 11 is 0. The van der Waals surface area contributed by atoms with Gasteiger partial charge in [-0.05, 0) is 42.3 Å². The number of halogens is 1. The van der Waals surface area contributed by atoms with Crippen LogP contribution in [0.5, 0.6) is 11.5 Å². The summed E-state index contributed by atoms with van der Waals surface area (Å²) in [4.78, 5) is 39.1. The number of ketones is 1. The number of nitrogens with one attached hydrogen (secondary N) is 1. The van der Waals surface area contributed by atoms with E-state index in [2.05, 4.69) is 5.32 Å². The molecule has 0 unspecified atom stereocenters. The molecule has 0 aromatic heterocycles. The van der Waals surface area contributed by atoms with Gasteiger partial charge in [-0.25, -0.2) is 9.18 Å². The number of benzene rings is 2. The van der Waals surface area contributed by atoms with Gasteiger partial charge >= 0.3 is 6.03 Å². The Kier molecular flexibility index (Phi) is 5.54. The number of nitrogens with zero attached hydrogens (tertiary/aromatic N) is 1. The molecule has 3 rings (SSSR count). The molecule has 3 amide bonds. The smallest absolute Gasteiger partial charge is 0.325 e. The zero-order valence-electron chi connectivity index (χ0n) is 16.3. The molecule has 7 nitrogen and oxygen atoms in total. The molecule has 2 aromatic carbocycles. The van der Waals surface area contributed by atoms with Crippen LogP contribution < -0.4 is 14.8 Å². The SMILES string of the molecule is CC[C@]1(c2ccc(OC)cc2)NC(=O)N(CC(=O)c2ccc(OC)c(F)c2)C1=O. The van der Waals surface area contributed by atoms with Gasteiger partial charge in [0.1, 0.15) is 11.3 Å². The lowest BCUT2D eigenvalue weighted by Gasteiger charge is -2.26. The number of rotatable bonds is 7. The van der Waals surface area contributed by atoms with Gasteiger partial charge in [-0.1, -0.05) is 19.1 Å². The Morgan fingerprint density at radius 1 is 1.10 bits per heavy atom. The summed E-state index contributed by atoms with van der Waals surface area (Å²) in [5.74, 6) is -1.17. The minimum Gasteiger partial charge on any atom is -0.497 e. The van der Waals surface area contributed by atoms with E-state index in [0.29, 0.717) is 17.7 Å². The van der Waals surface area contributed by atoms with E-state index in [1.807, 2.05) is 0 Å². The predicted molar refractivity (Wildman–Crippen MR) is 102 cm³/mol. The van der Waals surface area contributed by atoms with Crippen molar-refractivity contribution in [3.8, 4) is 11.5 Å². The van der Waals surface area contributed by atoms with Crippen molar-refractivity contribution in [2.45, 2.75) is 18.9 Å². The number of Topliss-reactive ketones (excluding diaryl/α,β-unsaturated/α-hetero) is 1. The maximum atomic E-state index is 13.9. The second-order valence-corrected chi connectivity index (χ2v) is 6.58. The van der Waals surface area contributed by atoms with Gasteiger partial charge in [-0.15, -0.1) is 0 Å². The van der Waals surface area contributed by atoms with Gasteiger partial charge in [0.15, 0.2) is 17.3 Å². The van der Waals surface area contributed by atoms with Crippen molar-refractivity contribution < 1.29 is 28.2 Å². The fraction of sp³-hybridized carbons (Fsp3) is 0.286. The molecular formula is C21H21FN2O5. The number of amides is 3. The molecule has 0 spiro atoms. The number of ether oxygens (including phenoxy) is 2. The number of urea groups is 1. The molecule has 0 bridgehead atoms. The van der Waals surface area contributed by atoms with Crippen molar-refractivity contribution >= 4 is 17.7 Å². The van der Waals surface area contributed by atoms with Crippen molar-refractivity contribution in [2.75, 3.05) is 20.8 Å². The zero-order chi connectivity index (χ0) is 21.2. The third-order valence-electron chi connectivity index (χ3n) is 5.06. The molecule has 29 heavy (non-hydrogen) atoms. The van der Waals surface area contributed by atoms with E-state index < -0.39 is 35.6 Å². The first-order valence-electron chi connectivity index (χ1n) is 9.01. The first kappa shape index (κ1) is 20.3. The van der Waals surface area contributed by atoms with E-state index in [-0.39, 0.29) is 11.3 Å². The topological polar surface area (TPSA) is 84.9 Å². The number of carbonyl (C=O) groups is 3. The van der Waals surface area contributed by atoms with Gasteiger partial charge in [-0.3, -0.25) is 14.5 Å². The van der Waals surface area contributed by atoms with E-state index in [1.165, 1.54) is 26.4 Å². The Hall–Kier alpha value is -3.42. The van der Waals surface area contributed by atoms with E-state index in [0.717, 1.165) is 11.0 Å². The molecule has 1 saturated heterocycles. The third kappa shape index (κ3) is 3.53. The average Bonchev–Trinajstić information content (AvgIpc) is 2.98. The molecule has 1 aliphatic heterocycles. The van der Waals surface area contributed by atoms with Crippen LogP contribution in [0.3, 0.4) is 0 Å². The molecule has 1 atom stereocenters. The van der Waals surface area contributed by atoms with E-state index >= 15 is 0 Å². The summed E-state index contributed by atoms with van der Waals surface area (Å²) < 4.78 is 23.9. The molecule has 0 saturated carbocycles. The van der Waals surface area contributed by atoms with Crippen LogP contribution in [0.25, 0.3) is 0 Å². The number of carbonyl (C=O) groups excluding carboxylic acids is 3. The number of methoxy groups -OCH3 is 2. The summed E-state index contributed by atoms with van der Waals surface area (Å²) in [5, 5.41) is 2.71. The highest BCUT2D eigenvalue weighted by atomic mass is 19.1. The van der Waals surface area contributed by atoms with E-state index in [9.17, 15) is 18.8 Å². The molecule has 0 aliphatic carbocycles. The highest BCUT2D eigenvalue weighted by Crippen LogP contribution is 2.33. The Morgan fingerprint density at radius 2 is 1.79 bits per heavy atom. The summed E-state index contributed by atoms with van der Waals surface area (Å²) in [6.45, 7) is 1.28. The molecule has 8 heteroatoms. The normalized spacial score (nSPS) is 18.6. The van der Waals surface area contributed by atoms with Crippen LogP contribution in [0.4, 0.5) is 9.18 Å². The van der Waals surface area contributed by atoms with Crippen molar-refractivity contribution in [3.63, 3.8) is 0 Å². The van der Waals surface area contributed by atoms with Crippen molar-refractivity contribution in [1.82, 2.24) is 10.2 Å². The van der Waals surface area contributed by atoms with Crippen LogP contribution in [-0.4, -0.2) is 43.4 Å². The maximum Gasteiger partial charge on any atom is 0.325 e. The van der Waals surface area contributed by atoms with Crippen LogP contribution in [0.15, 0.2) is 42.5 Å². The van der Waals surface area contributed by atoms with Crippen molar-refractivity contribution in [2.24, 2.45) is 0 Å². The van der Waals surface area contributed by atoms with Gasteiger partial charge in [0.05, 0.1) is 20.8 Å². The summed E-state index contributed by atoms with van der Waals surface area (Å²) in [7, 11) is 2.85. The van der Waals surface area contributed by atoms with Gasteiger partial charge in [0.2, 0.25) is 0 Å². The van der Waals surface area contributed by atoms with Crippen LogP contribution in [0.1, 0.15) is 29.3 Å². The molecule has 1 heterocycles. The van der Waals surface area contributed by atoms with Crippen molar-refractivity contribution in [3.05, 3.63) is 59.4 Å². The van der Waals surface area contributed by atoms with Crippen LogP contribution >= 0.6 is 0 Å². The van der Waals surface area contributed by atoms with Gasteiger partial charge in [0.25, 0.3) is 5.91 Å². The highest BCUT2D eigenvalue weighted by Gasteiger charge is 2.51. The fourth-order valence-corrected chi connectivity index (χ4v) is 3.36. The molecule has 1 N–H and O–H groups in total. The Bertz CT molecular complexity index is 960. The number of hydrogen-bond acceptors (Lipinski definition) is 5. The lowest BCUT2D eigenvalue weighted by atomic mass is 9.87. The Balaban J connectivity index is 1.85. The number of imide groups is 1. The second kappa shape index (κ2) is 7.90. The fourth-order valence-electron chi connectivity index (χ4n) is 3.36. The van der Waals surface area contributed by atoms with Gasteiger partial charge < -0.3 is 14.8 Å². The Morgan fingerprint density at radius 3 is 2.34 bits per heavy atom. The van der Waals surface area contributed by atoms with Crippen LogP contribution in [-0.2, 0) is 10.3 Å². The molecule has 2 aromatic rings. The summed E-state index contributed by atoms with van der Waals surface area (Å²) in [5.41, 5.74) is -0.638. The standard InChI is InChI=1S/C21H21FN2O5/c1-4-21(14-6-8-15(28-2)9-7-14)19(26)24(20(27)23-21)12-17(25)13-5-10-18(29-3)16(22)11-13/h5-11H,4,12H2,1-3H3,(H,23,27)/t21-/m1/s1. The quantitative estimate of drug-likeness (QED) is 0.571. The van der Waals surface area contributed by atoms with Gasteiger partial charge in [0, 0.05) is 5.56 Å². The first-order chi connectivity index (χ1) is 13.9. The predicted octanol–water partition coefficient (Wildman–Crippen LogP) is 2.88. The van der Waals surface area contributed by atoms with E-state index in [1.54, 1.807) is 31.2 Å². The second-order valence-electron chi connectivity index (χ2n) is 6.58. The minimum absolute atomic E-state index is 0.000970. The monoisotopic (exact) mass is 400 g/mol. The van der Waals surface area contributed by atoms with E-state index in [4.69, 9.17) is 9.47 Å². The summed E-state index contributed by atoms with van der Waals surface area (Å²) in [6, 6.07) is 9.85. The third-order valence-corrected chi connectivity index (χ3v) is 5.06. The maximum absolute atomic E-state index is 13.9. The molecule has 152 valence electrons. The van der Waals surface area contributed by atoms with Crippen LogP contribution in [0, 0.1) is 5.82 Å². The summed E-state index contributed by atoms with van der Waals surface area (Å²) in [6.07, 6.45) is 0.297. The highest BCUT2D eigenvalue weighted by molar-refractivity contribution is 6.11. The lowest BCUT2D eigenvalue weighted by Crippen LogP contribution is -2.43. The van der Waals surface area contributed by atoms with Gasteiger partial charge in [-0.2, -0.15) is 0 Å². The molecule has 1 aliphatic rings. The molecular weight excluding hydrogens is 379 g/mol. The number of hydrogen-bond donors (Lipinski definition) is 1. The first-order valence-corrected chi connectivity index (χ1v) is 9.01. The average molecular weight is 400 g/mol. The lowest BCUT2D eigenvalue weighted by molar-refractivity contribution is -0.131. The van der Waals surface area contributed by atoms with Crippen LogP contribution in [0.2, 0.25) is 0 Å². The minimum atomic E-state index is -1.27. The largest absolute Gasteiger partial charge is 0.497 e. The molecule has 1 fully saturated rings. The Labute approximate surface area is 167 Å². The molecule has 0 radical (unpaired) electrons. The van der Waals surface area contributed by atoms with Crippen molar-refractivity contribution in [1.29, 1.82) is 0 Å². The zero-order valence-corrected chi connectivity index (χ0v) is 16.3.